The van der Waals surface area contributed by atoms with Crippen molar-refractivity contribution in [3.05, 3.63) is 76.4 Å². The number of pyridine rings is 1. The van der Waals surface area contributed by atoms with Crippen LogP contribution in [0.2, 0.25) is 0 Å². The summed E-state index contributed by atoms with van der Waals surface area (Å²) in [5, 5.41) is 6.93. The second kappa shape index (κ2) is 7.84. The Kier molecular flexibility index (Phi) is 5.33. The molecule has 0 fully saturated rings. The fourth-order valence-corrected chi connectivity index (χ4v) is 3.11. The fraction of sp³-hybridized carbons (Fsp3) is 0.158. The lowest BCUT2D eigenvalue weighted by atomic mass is 10.1. The number of hydrogen-bond donors (Lipinski definition) is 1. The first-order chi connectivity index (χ1) is 11.7. The molecule has 0 radical (unpaired) electrons. The summed E-state index contributed by atoms with van der Waals surface area (Å²) in [6.07, 6.45) is 2.40. The van der Waals surface area contributed by atoms with Gasteiger partial charge in [0.25, 0.3) is 0 Å². The first-order valence-electron chi connectivity index (χ1n) is 7.70. The molecule has 3 rings (SSSR count). The van der Waals surface area contributed by atoms with E-state index in [-0.39, 0.29) is 18.1 Å². The summed E-state index contributed by atoms with van der Waals surface area (Å²) in [5.41, 5.74) is 3.47. The molecule has 0 aliphatic heterocycles. The molecule has 2 heterocycles. The van der Waals surface area contributed by atoms with E-state index in [2.05, 4.69) is 10.3 Å². The van der Waals surface area contributed by atoms with Crippen molar-refractivity contribution < 1.29 is 9.18 Å². The van der Waals surface area contributed by atoms with Gasteiger partial charge in [0, 0.05) is 30.1 Å². The van der Waals surface area contributed by atoms with Gasteiger partial charge in [-0.25, -0.2) is 4.39 Å². The van der Waals surface area contributed by atoms with E-state index in [0.717, 1.165) is 16.8 Å². The Morgan fingerprint density at radius 3 is 2.75 bits per heavy atom. The molecule has 2 aromatic heterocycles. The third kappa shape index (κ3) is 4.06. The van der Waals surface area contributed by atoms with Gasteiger partial charge in [0.15, 0.2) is 0 Å². The van der Waals surface area contributed by atoms with Crippen molar-refractivity contribution in [1.29, 1.82) is 0 Å². The number of aromatic nitrogens is 1. The van der Waals surface area contributed by atoms with Crippen molar-refractivity contribution in [3.63, 3.8) is 0 Å². The zero-order chi connectivity index (χ0) is 16.8. The lowest BCUT2D eigenvalue weighted by Gasteiger charge is -2.09. The predicted molar refractivity (Wildman–Crippen MR) is 94.1 cm³/mol. The zero-order valence-corrected chi connectivity index (χ0v) is 13.9. The van der Waals surface area contributed by atoms with Crippen LogP contribution >= 0.6 is 11.3 Å². The van der Waals surface area contributed by atoms with Crippen LogP contribution in [0, 0.1) is 5.82 Å². The topological polar surface area (TPSA) is 42.0 Å². The number of carbonyl (C=O) groups is 1. The number of hydrogen-bond acceptors (Lipinski definition) is 3. The van der Waals surface area contributed by atoms with Crippen molar-refractivity contribution in [2.45, 2.75) is 19.4 Å². The molecular weight excluding hydrogens is 323 g/mol. The maximum atomic E-state index is 13.6. The molecule has 0 aliphatic carbocycles. The highest BCUT2D eigenvalue weighted by Crippen LogP contribution is 2.23. The van der Waals surface area contributed by atoms with Gasteiger partial charge in [0.05, 0.1) is 5.69 Å². The Balaban J connectivity index is 1.58. The van der Waals surface area contributed by atoms with Gasteiger partial charge in [-0.05, 0) is 41.1 Å². The molecule has 24 heavy (non-hydrogen) atoms. The van der Waals surface area contributed by atoms with E-state index in [1.54, 1.807) is 35.7 Å². The molecule has 3 nitrogen and oxygen atoms in total. The Labute approximate surface area is 144 Å². The third-order valence-corrected chi connectivity index (χ3v) is 4.42. The number of halogens is 1. The van der Waals surface area contributed by atoms with Crippen LogP contribution in [-0.4, -0.2) is 10.9 Å². The monoisotopic (exact) mass is 340 g/mol. The Morgan fingerprint density at radius 1 is 1.12 bits per heavy atom. The van der Waals surface area contributed by atoms with Crippen LogP contribution in [0.25, 0.3) is 11.3 Å². The second-order valence-corrected chi connectivity index (χ2v) is 6.17. The number of carbonyl (C=O) groups excluding carboxylic acids is 1. The molecule has 0 saturated heterocycles. The lowest BCUT2D eigenvalue weighted by molar-refractivity contribution is -0.121. The quantitative estimate of drug-likeness (QED) is 0.731. The third-order valence-electron chi connectivity index (χ3n) is 3.74. The van der Waals surface area contributed by atoms with Crippen LogP contribution in [0.3, 0.4) is 0 Å². The standard InChI is InChI=1S/C19H17FN2OS/c20-17-6-2-1-4-14(17)7-8-18(23)22-12-15-5-3-10-21-19(15)16-9-11-24-13-16/h1-6,9-11,13H,7-8,12H2,(H,22,23). The Bertz CT molecular complexity index is 818. The van der Waals surface area contributed by atoms with E-state index in [1.807, 2.05) is 29.0 Å². The van der Waals surface area contributed by atoms with Gasteiger partial charge in [-0.1, -0.05) is 24.3 Å². The Morgan fingerprint density at radius 2 is 1.96 bits per heavy atom. The smallest absolute Gasteiger partial charge is 0.220 e. The molecule has 1 amide bonds. The number of rotatable bonds is 6. The van der Waals surface area contributed by atoms with E-state index in [1.165, 1.54) is 6.07 Å². The second-order valence-electron chi connectivity index (χ2n) is 5.39. The molecule has 0 atom stereocenters. The van der Waals surface area contributed by atoms with E-state index in [4.69, 9.17) is 0 Å². The summed E-state index contributed by atoms with van der Waals surface area (Å²) < 4.78 is 13.6. The summed E-state index contributed by atoms with van der Waals surface area (Å²) in [7, 11) is 0. The van der Waals surface area contributed by atoms with Crippen molar-refractivity contribution in [2.24, 2.45) is 0 Å². The van der Waals surface area contributed by atoms with Gasteiger partial charge >= 0.3 is 0 Å². The maximum Gasteiger partial charge on any atom is 0.220 e. The minimum Gasteiger partial charge on any atom is -0.352 e. The normalized spacial score (nSPS) is 10.5. The highest BCUT2D eigenvalue weighted by molar-refractivity contribution is 7.08. The first kappa shape index (κ1) is 16.3. The van der Waals surface area contributed by atoms with Crippen molar-refractivity contribution >= 4 is 17.2 Å². The van der Waals surface area contributed by atoms with Gasteiger partial charge in [-0.2, -0.15) is 11.3 Å². The lowest BCUT2D eigenvalue weighted by Crippen LogP contribution is -2.23. The van der Waals surface area contributed by atoms with Crippen LogP contribution in [0.15, 0.2) is 59.4 Å². The largest absolute Gasteiger partial charge is 0.352 e. The van der Waals surface area contributed by atoms with Crippen LogP contribution in [0.5, 0.6) is 0 Å². The first-order valence-corrected chi connectivity index (χ1v) is 8.65. The molecule has 0 bridgehead atoms. The Hall–Kier alpha value is -2.53. The summed E-state index contributed by atoms with van der Waals surface area (Å²) in [4.78, 5) is 16.5. The molecule has 1 N–H and O–H groups in total. The molecule has 3 aromatic rings. The fourth-order valence-electron chi connectivity index (χ4n) is 2.47. The molecule has 1 aromatic carbocycles. The van der Waals surface area contributed by atoms with Crippen LogP contribution < -0.4 is 5.32 Å². The summed E-state index contributed by atoms with van der Waals surface area (Å²) >= 11 is 1.61. The molecule has 0 saturated carbocycles. The van der Waals surface area contributed by atoms with E-state index >= 15 is 0 Å². The molecule has 0 unspecified atom stereocenters. The van der Waals surface area contributed by atoms with Crippen molar-refractivity contribution in [3.8, 4) is 11.3 Å². The number of nitrogens with zero attached hydrogens (tertiary/aromatic N) is 1. The van der Waals surface area contributed by atoms with Gasteiger partial charge in [0.1, 0.15) is 5.82 Å². The van der Waals surface area contributed by atoms with Crippen LogP contribution in [0.1, 0.15) is 17.5 Å². The van der Waals surface area contributed by atoms with Crippen molar-refractivity contribution in [1.82, 2.24) is 10.3 Å². The summed E-state index contributed by atoms with van der Waals surface area (Å²) in [5.74, 6) is -0.365. The van der Waals surface area contributed by atoms with Crippen LogP contribution in [-0.2, 0) is 17.8 Å². The van der Waals surface area contributed by atoms with Gasteiger partial charge < -0.3 is 5.32 Å². The highest BCUT2D eigenvalue weighted by atomic mass is 32.1. The maximum absolute atomic E-state index is 13.6. The number of amides is 1. The SMILES string of the molecule is O=C(CCc1ccccc1F)NCc1cccnc1-c1ccsc1. The predicted octanol–water partition coefficient (Wildman–Crippen LogP) is 4.20. The van der Waals surface area contributed by atoms with E-state index in [9.17, 15) is 9.18 Å². The average molecular weight is 340 g/mol. The molecule has 0 spiro atoms. The summed E-state index contributed by atoms with van der Waals surface area (Å²) in [6.45, 7) is 0.412. The zero-order valence-electron chi connectivity index (χ0n) is 13.0. The van der Waals surface area contributed by atoms with Crippen molar-refractivity contribution in [2.75, 3.05) is 0 Å². The average Bonchev–Trinajstić information content (AvgIpc) is 3.14. The van der Waals surface area contributed by atoms with Gasteiger partial charge in [0.2, 0.25) is 5.91 Å². The highest BCUT2D eigenvalue weighted by Gasteiger charge is 2.09. The molecule has 0 aliphatic rings. The van der Waals surface area contributed by atoms with E-state index in [0.29, 0.717) is 18.5 Å². The molecule has 5 heteroatoms. The molecule has 122 valence electrons. The summed E-state index contributed by atoms with van der Waals surface area (Å²) in [6, 6.07) is 12.4. The van der Waals surface area contributed by atoms with Gasteiger partial charge in [-0.3, -0.25) is 9.78 Å². The van der Waals surface area contributed by atoms with Gasteiger partial charge in [-0.15, -0.1) is 0 Å². The number of aryl methyl sites for hydroxylation is 1. The minimum absolute atomic E-state index is 0.0987. The van der Waals surface area contributed by atoms with E-state index < -0.39 is 0 Å². The number of nitrogens with one attached hydrogen (secondary N) is 1. The number of benzene rings is 1. The minimum atomic E-state index is -0.266. The molecular formula is C19H17FN2OS. The van der Waals surface area contributed by atoms with Crippen LogP contribution in [0.4, 0.5) is 4.39 Å². The number of thiophene rings is 1.